The highest BCUT2D eigenvalue weighted by atomic mass is 32.1. The summed E-state index contributed by atoms with van der Waals surface area (Å²) in [6.45, 7) is 7.15. The zero-order valence-corrected chi connectivity index (χ0v) is 12.5. The standard InChI is InChI=1S/C13H20N2O3S/c1-7-5-15(6-8(2)18-7)13-11(17-4)10(14)12(19-13)9(3)16/h7-8H,5-6,14H2,1-4H3/t7-,8+. The molecule has 0 unspecified atom stereocenters. The second-order valence-electron chi connectivity index (χ2n) is 4.90. The molecule has 1 aliphatic rings. The van der Waals surface area contributed by atoms with Gasteiger partial charge in [-0.25, -0.2) is 0 Å². The molecular formula is C13H20N2O3S. The molecule has 6 heteroatoms. The first kappa shape index (κ1) is 14.1. The molecule has 2 heterocycles. The summed E-state index contributed by atoms with van der Waals surface area (Å²) in [5, 5.41) is 0.923. The number of carbonyl (C=O) groups excluding carboxylic acids is 1. The predicted molar refractivity (Wildman–Crippen MR) is 77.5 cm³/mol. The molecule has 2 atom stereocenters. The van der Waals surface area contributed by atoms with E-state index < -0.39 is 0 Å². The molecule has 1 aliphatic heterocycles. The van der Waals surface area contributed by atoms with E-state index in [9.17, 15) is 4.79 Å². The van der Waals surface area contributed by atoms with Gasteiger partial charge in [0.15, 0.2) is 11.5 Å². The molecule has 2 rings (SSSR count). The number of nitrogens with zero attached hydrogens (tertiary/aromatic N) is 1. The lowest BCUT2D eigenvalue weighted by atomic mass is 10.2. The molecule has 0 spiro atoms. The summed E-state index contributed by atoms with van der Waals surface area (Å²) in [6.07, 6.45) is 0.301. The average molecular weight is 284 g/mol. The number of ether oxygens (including phenoxy) is 2. The summed E-state index contributed by atoms with van der Waals surface area (Å²) in [4.78, 5) is 14.3. The van der Waals surface area contributed by atoms with Gasteiger partial charge in [-0.15, -0.1) is 11.3 Å². The number of nitrogens with two attached hydrogens (primary N) is 1. The molecule has 0 bridgehead atoms. The Morgan fingerprint density at radius 3 is 2.47 bits per heavy atom. The van der Waals surface area contributed by atoms with Crippen molar-refractivity contribution in [2.45, 2.75) is 33.0 Å². The van der Waals surface area contributed by atoms with Crippen LogP contribution in [0.3, 0.4) is 0 Å². The molecule has 106 valence electrons. The largest absolute Gasteiger partial charge is 0.492 e. The van der Waals surface area contributed by atoms with Gasteiger partial charge >= 0.3 is 0 Å². The fourth-order valence-electron chi connectivity index (χ4n) is 2.43. The zero-order chi connectivity index (χ0) is 14.2. The van der Waals surface area contributed by atoms with Gasteiger partial charge in [-0.05, 0) is 13.8 Å². The molecule has 5 nitrogen and oxygen atoms in total. The van der Waals surface area contributed by atoms with Crippen LogP contribution >= 0.6 is 11.3 Å². The molecule has 0 amide bonds. The van der Waals surface area contributed by atoms with Crippen LogP contribution in [0.25, 0.3) is 0 Å². The van der Waals surface area contributed by atoms with Crippen LogP contribution in [0.2, 0.25) is 0 Å². The fraction of sp³-hybridized carbons (Fsp3) is 0.615. The monoisotopic (exact) mass is 284 g/mol. The van der Waals surface area contributed by atoms with Gasteiger partial charge in [0.1, 0.15) is 5.00 Å². The van der Waals surface area contributed by atoms with Crippen LogP contribution in [0.5, 0.6) is 5.75 Å². The lowest BCUT2D eigenvalue weighted by Gasteiger charge is -2.36. The number of hydrogen-bond acceptors (Lipinski definition) is 6. The van der Waals surface area contributed by atoms with Crippen molar-refractivity contribution in [3.8, 4) is 5.75 Å². The van der Waals surface area contributed by atoms with Gasteiger partial charge in [0.05, 0.1) is 29.9 Å². The first-order chi connectivity index (χ1) is 8.93. The summed E-state index contributed by atoms with van der Waals surface area (Å²) in [5.41, 5.74) is 6.44. The van der Waals surface area contributed by atoms with Crippen LogP contribution in [0.15, 0.2) is 0 Å². The zero-order valence-electron chi connectivity index (χ0n) is 11.7. The maximum Gasteiger partial charge on any atom is 0.177 e. The first-order valence-corrected chi connectivity index (χ1v) is 7.13. The smallest absolute Gasteiger partial charge is 0.177 e. The normalized spacial score (nSPS) is 23.5. The van der Waals surface area contributed by atoms with E-state index in [0.717, 1.165) is 18.1 Å². The van der Waals surface area contributed by atoms with E-state index in [1.807, 2.05) is 13.8 Å². The molecular weight excluding hydrogens is 264 g/mol. The van der Waals surface area contributed by atoms with E-state index in [-0.39, 0.29) is 18.0 Å². The number of carbonyl (C=O) groups is 1. The van der Waals surface area contributed by atoms with Crippen LogP contribution in [-0.2, 0) is 4.74 Å². The Balaban J connectivity index is 2.38. The first-order valence-electron chi connectivity index (χ1n) is 6.31. The van der Waals surface area contributed by atoms with Crippen molar-refractivity contribution in [3.05, 3.63) is 4.88 Å². The van der Waals surface area contributed by atoms with Crippen molar-refractivity contribution in [2.24, 2.45) is 0 Å². The van der Waals surface area contributed by atoms with E-state index in [4.69, 9.17) is 15.2 Å². The molecule has 0 saturated carbocycles. The van der Waals surface area contributed by atoms with Crippen LogP contribution in [0, 0.1) is 0 Å². The summed E-state index contributed by atoms with van der Waals surface area (Å²) < 4.78 is 11.1. The van der Waals surface area contributed by atoms with Crippen molar-refractivity contribution >= 4 is 27.8 Å². The third-order valence-electron chi connectivity index (χ3n) is 3.11. The molecule has 0 aliphatic carbocycles. The Hall–Kier alpha value is -1.27. The van der Waals surface area contributed by atoms with Gasteiger partial charge in [-0.2, -0.15) is 0 Å². The molecule has 1 saturated heterocycles. The highest BCUT2D eigenvalue weighted by Gasteiger charge is 2.29. The molecule has 19 heavy (non-hydrogen) atoms. The lowest BCUT2D eigenvalue weighted by molar-refractivity contribution is -0.00510. The van der Waals surface area contributed by atoms with Crippen molar-refractivity contribution in [1.29, 1.82) is 0 Å². The number of rotatable bonds is 3. The van der Waals surface area contributed by atoms with Crippen molar-refractivity contribution in [2.75, 3.05) is 30.8 Å². The quantitative estimate of drug-likeness (QED) is 0.862. The SMILES string of the molecule is COc1c(N2C[C@@H](C)O[C@@H](C)C2)sc(C(C)=O)c1N. The van der Waals surface area contributed by atoms with Gasteiger partial charge < -0.3 is 20.1 Å². The Bertz CT molecular complexity index is 476. The van der Waals surface area contributed by atoms with E-state index in [1.54, 1.807) is 7.11 Å². The number of methoxy groups -OCH3 is 1. The second kappa shape index (κ2) is 5.38. The Morgan fingerprint density at radius 1 is 1.42 bits per heavy atom. The Morgan fingerprint density at radius 2 is 2.00 bits per heavy atom. The number of thiophene rings is 1. The Labute approximate surface area is 117 Å². The number of ketones is 1. The van der Waals surface area contributed by atoms with Gasteiger partial charge in [0.2, 0.25) is 0 Å². The number of morpholine rings is 1. The summed E-state index contributed by atoms with van der Waals surface area (Å²) >= 11 is 1.40. The molecule has 2 N–H and O–H groups in total. The lowest BCUT2D eigenvalue weighted by Crippen LogP contribution is -2.45. The van der Waals surface area contributed by atoms with Crippen LogP contribution in [0.4, 0.5) is 10.7 Å². The van der Waals surface area contributed by atoms with Crippen molar-refractivity contribution in [1.82, 2.24) is 0 Å². The highest BCUT2D eigenvalue weighted by Crippen LogP contribution is 2.45. The molecule has 0 radical (unpaired) electrons. The second-order valence-corrected chi connectivity index (χ2v) is 5.90. The van der Waals surface area contributed by atoms with Gasteiger partial charge in [-0.3, -0.25) is 4.79 Å². The minimum absolute atomic E-state index is 0.0265. The maximum atomic E-state index is 11.6. The van der Waals surface area contributed by atoms with Crippen LogP contribution in [0.1, 0.15) is 30.4 Å². The topological polar surface area (TPSA) is 64.8 Å². The van der Waals surface area contributed by atoms with E-state index in [0.29, 0.717) is 16.3 Å². The van der Waals surface area contributed by atoms with E-state index >= 15 is 0 Å². The van der Waals surface area contributed by atoms with Crippen LogP contribution < -0.4 is 15.4 Å². The Kier molecular flexibility index (Phi) is 4.01. The number of anilines is 2. The van der Waals surface area contributed by atoms with Crippen LogP contribution in [-0.4, -0.2) is 38.2 Å². The van der Waals surface area contributed by atoms with E-state index in [2.05, 4.69) is 4.90 Å². The van der Waals surface area contributed by atoms with Gasteiger partial charge in [0, 0.05) is 20.0 Å². The van der Waals surface area contributed by atoms with Gasteiger partial charge in [0.25, 0.3) is 0 Å². The molecule has 1 fully saturated rings. The minimum atomic E-state index is -0.0265. The highest BCUT2D eigenvalue weighted by molar-refractivity contribution is 7.19. The third-order valence-corrected chi connectivity index (χ3v) is 4.46. The molecule has 1 aromatic rings. The van der Waals surface area contributed by atoms with Crippen molar-refractivity contribution < 1.29 is 14.3 Å². The van der Waals surface area contributed by atoms with E-state index in [1.165, 1.54) is 18.3 Å². The van der Waals surface area contributed by atoms with Crippen molar-refractivity contribution in [3.63, 3.8) is 0 Å². The van der Waals surface area contributed by atoms with Gasteiger partial charge in [-0.1, -0.05) is 0 Å². The number of Topliss-reactive ketones (excluding diaryl/α,β-unsaturated/α-hetero) is 1. The molecule has 0 aromatic carbocycles. The summed E-state index contributed by atoms with van der Waals surface area (Å²) in [6, 6.07) is 0. The average Bonchev–Trinajstić information content (AvgIpc) is 2.65. The number of hydrogen-bond donors (Lipinski definition) is 1. The summed E-state index contributed by atoms with van der Waals surface area (Å²) in [5.74, 6) is 0.581. The minimum Gasteiger partial charge on any atom is -0.492 e. The third kappa shape index (κ3) is 2.69. The fourth-order valence-corrected chi connectivity index (χ4v) is 3.53. The predicted octanol–water partition coefficient (Wildman–Crippen LogP) is 2.16. The summed E-state index contributed by atoms with van der Waals surface area (Å²) in [7, 11) is 1.58. The molecule has 1 aromatic heterocycles. The maximum absolute atomic E-state index is 11.6. The number of nitrogen functional groups attached to an aromatic ring is 1.